The Morgan fingerprint density at radius 2 is 2.14 bits per heavy atom. The summed E-state index contributed by atoms with van der Waals surface area (Å²) in [6.45, 7) is 2.99. The van der Waals surface area contributed by atoms with Crippen LogP contribution in [-0.2, 0) is 19.3 Å². The number of methoxy groups -OCH3 is 1. The Balaban J connectivity index is 1.89. The monoisotopic (exact) mass is 283 g/mol. The van der Waals surface area contributed by atoms with Gasteiger partial charge in [0.25, 0.3) is 0 Å². The summed E-state index contributed by atoms with van der Waals surface area (Å²) < 4.78 is 5.28. The van der Waals surface area contributed by atoms with E-state index in [1.165, 1.54) is 23.2 Å². The van der Waals surface area contributed by atoms with Gasteiger partial charge >= 0.3 is 0 Å². The van der Waals surface area contributed by atoms with Crippen molar-refractivity contribution in [2.24, 2.45) is 0 Å². The van der Waals surface area contributed by atoms with Gasteiger partial charge in [0.2, 0.25) is 0 Å². The van der Waals surface area contributed by atoms with E-state index < -0.39 is 0 Å². The van der Waals surface area contributed by atoms with E-state index in [-0.39, 0.29) is 0 Å². The molecule has 1 heterocycles. The molecule has 3 rings (SSSR count). The zero-order valence-corrected chi connectivity index (χ0v) is 12.6. The summed E-state index contributed by atoms with van der Waals surface area (Å²) >= 11 is 0. The fourth-order valence-electron chi connectivity index (χ4n) is 2.84. The number of fused-ring (bicyclic) bond motifs is 1. The van der Waals surface area contributed by atoms with Gasteiger partial charge < -0.3 is 10.1 Å². The van der Waals surface area contributed by atoms with Crippen molar-refractivity contribution >= 4 is 5.82 Å². The Morgan fingerprint density at radius 3 is 2.95 bits per heavy atom. The van der Waals surface area contributed by atoms with Gasteiger partial charge in [-0.1, -0.05) is 12.1 Å². The second kappa shape index (κ2) is 6.12. The molecule has 4 heteroatoms. The van der Waals surface area contributed by atoms with Crippen LogP contribution in [0.5, 0.6) is 5.75 Å². The predicted octanol–water partition coefficient (Wildman–Crippen LogP) is 3.00. The number of hydrogen-bond acceptors (Lipinski definition) is 4. The van der Waals surface area contributed by atoms with Crippen LogP contribution in [0.3, 0.4) is 0 Å². The molecule has 0 atom stereocenters. The van der Waals surface area contributed by atoms with Gasteiger partial charge in [-0.15, -0.1) is 0 Å². The van der Waals surface area contributed by atoms with Gasteiger partial charge in [-0.05, 0) is 43.9 Å². The number of aryl methyl sites for hydroxylation is 1. The van der Waals surface area contributed by atoms with E-state index in [4.69, 9.17) is 14.7 Å². The molecule has 0 saturated carbocycles. The fourth-order valence-corrected chi connectivity index (χ4v) is 2.84. The first-order chi connectivity index (χ1) is 10.3. The Hall–Kier alpha value is -2.10. The smallest absolute Gasteiger partial charge is 0.135 e. The van der Waals surface area contributed by atoms with Gasteiger partial charge in [0.15, 0.2) is 0 Å². The number of benzene rings is 1. The number of nitrogens with one attached hydrogen (secondary N) is 1. The maximum absolute atomic E-state index is 5.28. The molecular formula is C17H21N3O. The highest BCUT2D eigenvalue weighted by atomic mass is 16.5. The second-order valence-corrected chi connectivity index (χ2v) is 5.33. The van der Waals surface area contributed by atoms with E-state index in [9.17, 15) is 0 Å². The average Bonchev–Trinajstić information content (AvgIpc) is 2.96. The van der Waals surface area contributed by atoms with Crippen molar-refractivity contribution in [3.63, 3.8) is 0 Å². The highest BCUT2D eigenvalue weighted by Gasteiger charge is 2.19. The molecule has 1 aromatic carbocycles. The zero-order valence-electron chi connectivity index (χ0n) is 12.6. The molecule has 0 amide bonds. The van der Waals surface area contributed by atoms with Gasteiger partial charge in [0.1, 0.15) is 17.4 Å². The van der Waals surface area contributed by atoms with Crippen LogP contribution in [0.25, 0.3) is 0 Å². The van der Waals surface area contributed by atoms with E-state index >= 15 is 0 Å². The Bertz CT molecular complexity index is 640. The van der Waals surface area contributed by atoms with Gasteiger partial charge in [0.05, 0.1) is 7.11 Å². The number of anilines is 1. The van der Waals surface area contributed by atoms with E-state index in [1.807, 2.05) is 18.2 Å². The van der Waals surface area contributed by atoms with Crippen LogP contribution in [0.4, 0.5) is 5.82 Å². The van der Waals surface area contributed by atoms with Gasteiger partial charge in [0, 0.05) is 24.2 Å². The summed E-state index contributed by atoms with van der Waals surface area (Å²) in [7, 11) is 1.69. The largest absolute Gasteiger partial charge is 0.497 e. The number of ether oxygens (including phenoxy) is 1. The van der Waals surface area contributed by atoms with Crippen molar-refractivity contribution in [2.45, 2.75) is 32.6 Å². The fraction of sp³-hybridized carbons (Fsp3) is 0.412. The molecule has 1 aliphatic carbocycles. The minimum atomic E-state index is 0.739. The summed E-state index contributed by atoms with van der Waals surface area (Å²) in [5.41, 5.74) is 3.71. The van der Waals surface area contributed by atoms with Crippen molar-refractivity contribution in [3.05, 3.63) is 46.9 Å². The molecule has 21 heavy (non-hydrogen) atoms. The summed E-state index contributed by atoms with van der Waals surface area (Å²) in [6, 6.07) is 8.10. The number of aromatic nitrogens is 2. The van der Waals surface area contributed by atoms with Crippen LogP contribution >= 0.6 is 0 Å². The van der Waals surface area contributed by atoms with E-state index in [0.29, 0.717) is 0 Å². The van der Waals surface area contributed by atoms with Crippen LogP contribution in [0.1, 0.15) is 36.0 Å². The Labute approximate surface area is 125 Å². The molecule has 0 aliphatic heterocycles. The Kier molecular flexibility index (Phi) is 4.04. The third kappa shape index (κ3) is 2.99. The van der Waals surface area contributed by atoms with Crippen LogP contribution in [0.15, 0.2) is 24.3 Å². The molecule has 1 N–H and O–H groups in total. The highest BCUT2D eigenvalue weighted by Crippen LogP contribution is 2.27. The SMILES string of the molecule is CCNc1nc(Cc2cccc(OC)c2)nc2c1CCC2. The first-order valence-electron chi connectivity index (χ1n) is 7.55. The van der Waals surface area contributed by atoms with Crippen molar-refractivity contribution in [3.8, 4) is 5.75 Å². The minimum absolute atomic E-state index is 0.739. The van der Waals surface area contributed by atoms with Crippen LogP contribution in [-0.4, -0.2) is 23.6 Å². The van der Waals surface area contributed by atoms with Crippen molar-refractivity contribution in [1.82, 2.24) is 9.97 Å². The maximum Gasteiger partial charge on any atom is 0.135 e. The lowest BCUT2D eigenvalue weighted by Gasteiger charge is -2.11. The van der Waals surface area contributed by atoms with E-state index in [2.05, 4.69) is 18.3 Å². The summed E-state index contributed by atoms with van der Waals surface area (Å²) in [5.74, 6) is 2.79. The van der Waals surface area contributed by atoms with Gasteiger partial charge in [-0.25, -0.2) is 9.97 Å². The molecule has 0 fully saturated rings. The molecule has 0 saturated heterocycles. The second-order valence-electron chi connectivity index (χ2n) is 5.33. The maximum atomic E-state index is 5.28. The van der Waals surface area contributed by atoms with Crippen molar-refractivity contribution < 1.29 is 4.74 Å². The molecule has 4 nitrogen and oxygen atoms in total. The lowest BCUT2D eigenvalue weighted by atomic mass is 10.1. The van der Waals surface area contributed by atoms with Crippen molar-refractivity contribution in [1.29, 1.82) is 0 Å². The molecule has 0 bridgehead atoms. The standard InChI is InChI=1S/C17H21N3O/c1-3-18-17-14-8-5-9-15(14)19-16(20-17)11-12-6-4-7-13(10-12)21-2/h4,6-7,10H,3,5,8-9,11H2,1-2H3,(H,18,19,20). The predicted molar refractivity (Wildman–Crippen MR) is 84.0 cm³/mol. The average molecular weight is 283 g/mol. The minimum Gasteiger partial charge on any atom is -0.497 e. The van der Waals surface area contributed by atoms with Crippen LogP contribution in [0.2, 0.25) is 0 Å². The lowest BCUT2D eigenvalue weighted by Crippen LogP contribution is -2.09. The van der Waals surface area contributed by atoms with Gasteiger partial charge in [-0.3, -0.25) is 0 Å². The molecular weight excluding hydrogens is 262 g/mol. The quantitative estimate of drug-likeness (QED) is 0.916. The zero-order chi connectivity index (χ0) is 14.7. The van der Waals surface area contributed by atoms with Gasteiger partial charge in [-0.2, -0.15) is 0 Å². The number of rotatable bonds is 5. The molecule has 2 aromatic rings. The normalized spacial score (nSPS) is 13.0. The summed E-state index contributed by atoms with van der Waals surface area (Å²) in [5, 5.41) is 3.38. The topological polar surface area (TPSA) is 47.0 Å². The van der Waals surface area contributed by atoms with E-state index in [0.717, 1.165) is 43.2 Å². The summed E-state index contributed by atoms with van der Waals surface area (Å²) in [6.07, 6.45) is 4.09. The molecule has 0 unspecified atom stereocenters. The summed E-state index contributed by atoms with van der Waals surface area (Å²) in [4.78, 5) is 9.48. The number of nitrogens with zero attached hydrogens (tertiary/aromatic N) is 2. The van der Waals surface area contributed by atoms with E-state index in [1.54, 1.807) is 7.11 Å². The van der Waals surface area contributed by atoms with Crippen LogP contribution < -0.4 is 10.1 Å². The third-order valence-corrected chi connectivity index (χ3v) is 3.82. The number of hydrogen-bond donors (Lipinski definition) is 1. The first-order valence-corrected chi connectivity index (χ1v) is 7.55. The third-order valence-electron chi connectivity index (χ3n) is 3.82. The highest BCUT2D eigenvalue weighted by molar-refractivity contribution is 5.49. The molecule has 0 radical (unpaired) electrons. The first kappa shape index (κ1) is 13.9. The Morgan fingerprint density at radius 1 is 1.24 bits per heavy atom. The molecule has 1 aromatic heterocycles. The van der Waals surface area contributed by atoms with Crippen molar-refractivity contribution in [2.75, 3.05) is 19.0 Å². The molecule has 0 spiro atoms. The van der Waals surface area contributed by atoms with Crippen LogP contribution in [0, 0.1) is 0 Å². The molecule has 110 valence electrons. The molecule has 1 aliphatic rings. The lowest BCUT2D eigenvalue weighted by molar-refractivity contribution is 0.414.